The third-order valence-electron chi connectivity index (χ3n) is 9.63. The number of aliphatic hydroxyl groups excluding tert-OH is 1. The maximum Gasteiger partial charge on any atom is 0.256 e. The average Bonchev–Trinajstić information content (AvgIpc) is 3.70. The highest BCUT2D eigenvalue weighted by Crippen LogP contribution is 2.41. The Morgan fingerprint density at radius 3 is 2.04 bits per heavy atom. The summed E-state index contributed by atoms with van der Waals surface area (Å²) in [7, 11) is 0. The third kappa shape index (κ3) is 8.80. The van der Waals surface area contributed by atoms with E-state index in [0.29, 0.717) is 29.5 Å². The summed E-state index contributed by atoms with van der Waals surface area (Å²) < 4.78 is 19.7. The van der Waals surface area contributed by atoms with Crippen LogP contribution in [0.3, 0.4) is 0 Å². The van der Waals surface area contributed by atoms with Gasteiger partial charge in [-0.25, -0.2) is 4.98 Å². The molecule has 6 aromatic carbocycles. The molecule has 0 aliphatic carbocycles. The van der Waals surface area contributed by atoms with Crippen LogP contribution >= 0.6 is 11.8 Å². The normalized spacial score (nSPS) is 16.8. The van der Waals surface area contributed by atoms with E-state index in [-0.39, 0.29) is 24.7 Å². The van der Waals surface area contributed by atoms with E-state index in [2.05, 4.69) is 41.7 Å². The number of oxazole rings is 1. The highest BCUT2D eigenvalue weighted by Gasteiger charge is 2.33. The summed E-state index contributed by atoms with van der Waals surface area (Å²) in [5.74, 6) is 1.25. The lowest BCUT2D eigenvalue weighted by molar-refractivity contribution is -0.245. The standard InChI is InChI=1S/C47H40N2O5S/c50-30-32-19-21-35(22-20-32)42-28-41(31-55-47-49-43(36-12-4-1-5-13-36)44(54-47)37-14-6-2-7-15-37)52-46(53-42)39-25-23-34(24-26-39)40-18-10-11-33(27-40)29-48-45(51)38-16-8-3-9-17-38/h1-27,41-42,46,50H,28-31H2,(H,48,51)/t41-,42+,46+/m0/s1. The lowest BCUT2D eigenvalue weighted by Crippen LogP contribution is -2.31. The van der Waals surface area contributed by atoms with Crippen LogP contribution in [-0.4, -0.2) is 27.9 Å². The van der Waals surface area contributed by atoms with Gasteiger partial charge in [0.2, 0.25) is 0 Å². The monoisotopic (exact) mass is 744 g/mol. The van der Waals surface area contributed by atoms with Crippen molar-refractivity contribution in [2.75, 3.05) is 5.75 Å². The van der Waals surface area contributed by atoms with Gasteiger partial charge in [-0.15, -0.1) is 0 Å². The van der Waals surface area contributed by atoms with Crippen LogP contribution in [0.25, 0.3) is 33.7 Å². The number of aliphatic hydroxyl groups is 1. The third-order valence-corrected chi connectivity index (χ3v) is 10.6. The first-order chi connectivity index (χ1) is 27.1. The minimum atomic E-state index is -0.597. The Kier molecular flexibility index (Phi) is 11.3. The molecule has 3 atom stereocenters. The molecule has 1 aliphatic heterocycles. The summed E-state index contributed by atoms with van der Waals surface area (Å²) in [6.45, 7) is 0.415. The predicted molar refractivity (Wildman–Crippen MR) is 216 cm³/mol. The van der Waals surface area contributed by atoms with Crippen molar-refractivity contribution in [2.45, 2.75) is 43.3 Å². The Balaban J connectivity index is 0.996. The van der Waals surface area contributed by atoms with Crippen molar-refractivity contribution >= 4 is 17.7 Å². The number of amides is 1. The maximum atomic E-state index is 12.6. The van der Waals surface area contributed by atoms with E-state index >= 15 is 0 Å². The number of benzene rings is 6. The molecule has 1 saturated heterocycles. The van der Waals surface area contributed by atoms with E-state index in [1.165, 1.54) is 11.8 Å². The molecular weight excluding hydrogens is 705 g/mol. The topological polar surface area (TPSA) is 93.8 Å². The molecule has 2 N–H and O–H groups in total. The molecule has 0 spiro atoms. The zero-order valence-corrected chi connectivity index (χ0v) is 30.9. The van der Waals surface area contributed by atoms with Gasteiger partial charge in [0.05, 0.1) is 18.8 Å². The number of hydrogen-bond acceptors (Lipinski definition) is 7. The van der Waals surface area contributed by atoms with Gasteiger partial charge < -0.3 is 24.3 Å². The minimum absolute atomic E-state index is 0.0134. The summed E-state index contributed by atoms with van der Waals surface area (Å²) in [6.07, 6.45) is -0.338. The summed E-state index contributed by atoms with van der Waals surface area (Å²) >= 11 is 1.54. The van der Waals surface area contributed by atoms with Gasteiger partial charge in [-0.2, -0.15) is 0 Å². The van der Waals surface area contributed by atoms with Crippen molar-refractivity contribution in [1.82, 2.24) is 10.3 Å². The minimum Gasteiger partial charge on any atom is -0.431 e. The number of aromatic nitrogens is 1. The molecular formula is C47H40N2O5S. The van der Waals surface area contributed by atoms with Gasteiger partial charge in [-0.05, 0) is 46.0 Å². The van der Waals surface area contributed by atoms with Gasteiger partial charge in [-0.3, -0.25) is 4.79 Å². The molecule has 55 heavy (non-hydrogen) atoms. The Hall–Kier alpha value is -5.77. The zero-order chi connectivity index (χ0) is 37.4. The molecule has 1 aliphatic rings. The van der Waals surface area contributed by atoms with Gasteiger partial charge in [0.25, 0.3) is 11.1 Å². The van der Waals surface area contributed by atoms with Crippen molar-refractivity contribution in [2.24, 2.45) is 0 Å². The molecule has 0 bridgehead atoms. The predicted octanol–water partition coefficient (Wildman–Crippen LogP) is 10.4. The Morgan fingerprint density at radius 1 is 0.673 bits per heavy atom. The van der Waals surface area contributed by atoms with Crippen LogP contribution in [0, 0.1) is 0 Å². The number of ether oxygens (including phenoxy) is 2. The van der Waals surface area contributed by atoms with Gasteiger partial charge in [0.15, 0.2) is 12.1 Å². The number of nitrogens with one attached hydrogen (secondary N) is 1. The van der Waals surface area contributed by atoms with Gasteiger partial charge >= 0.3 is 0 Å². The summed E-state index contributed by atoms with van der Waals surface area (Å²) in [4.78, 5) is 17.6. The highest BCUT2D eigenvalue weighted by atomic mass is 32.2. The Morgan fingerprint density at radius 2 is 1.33 bits per heavy atom. The van der Waals surface area contributed by atoms with E-state index in [4.69, 9.17) is 18.9 Å². The van der Waals surface area contributed by atoms with Crippen molar-refractivity contribution in [3.05, 3.63) is 192 Å². The molecule has 7 nitrogen and oxygen atoms in total. The molecule has 0 unspecified atom stereocenters. The fourth-order valence-corrected chi connectivity index (χ4v) is 7.53. The van der Waals surface area contributed by atoms with Crippen molar-refractivity contribution in [3.63, 3.8) is 0 Å². The van der Waals surface area contributed by atoms with E-state index in [1.807, 2.05) is 127 Å². The Bertz CT molecular complexity index is 2260. The first kappa shape index (κ1) is 36.2. The molecule has 0 saturated carbocycles. The van der Waals surface area contributed by atoms with Crippen LogP contribution in [0.5, 0.6) is 0 Å². The van der Waals surface area contributed by atoms with Gasteiger partial charge in [-0.1, -0.05) is 157 Å². The first-order valence-electron chi connectivity index (χ1n) is 18.4. The second-order valence-electron chi connectivity index (χ2n) is 13.4. The molecule has 1 aromatic heterocycles. The molecule has 0 radical (unpaired) electrons. The van der Waals surface area contributed by atoms with Crippen LogP contribution in [-0.2, 0) is 22.6 Å². The van der Waals surface area contributed by atoms with Crippen molar-refractivity contribution in [1.29, 1.82) is 0 Å². The van der Waals surface area contributed by atoms with E-state index in [0.717, 1.165) is 56.0 Å². The fraction of sp³-hybridized carbons (Fsp3) is 0.149. The van der Waals surface area contributed by atoms with E-state index in [9.17, 15) is 9.90 Å². The van der Waals surface area contributed by atoms with E-state index < -0.39 is 6.29 Å². The maximum absolute atomic E-state index is 12.6. The molecule has 8 heteroatoms. The molecule has 1 amide bonds. The largest absolute Gasteiger partial charge is 0.431 e. The summed E-state index contributed by atoms with van der Waals surface area (Å²) in [5, 5.41) is 13.2. The number of hydrogen-bond donors (Lipinski definition) is 2. The lowest BCUT2D eigenvalue weighted by Gasteiger charge is -2.36. The quantitative estimate of drug-likeness (QED) is 0.120. The number of nitrogens with zero attached hydrogens (tertiary/aromatic N) is 1. The number of rotatable bonds is 12. The number of thioether (sulfide) groups is 1. The SMILES string of the molecule is O=C(NCc1cccc(-c2ccc([C@@H]3O[C@H](CSc4nc(-c5ccccc5)c(-c5ccccc5)o4)C[C@H](c4ccc(CO)cc4)O3)cc2)c1)c1ccccc1. The smallest absolute Gasteiger partial charge is 0.256 e. The molecule has 7 aromatic rings. The van der Waals surface area contributed by atoms with Crippen LogP contribution in [0.4, 0.5) is 0 Å². The van der Waals surface area contributed by atoms with Gasteiger partial charge in [0.1, 0.15) is 5.69 Å². The number of carbonyl (C=O) groups is 1. The van der Waals surface area contributed by atoms with Crippen molar-refractivity contribution < 1.29 is 23.8 Å². The van der Waals surface area contributed by atoms with Crippen molar-refractivity contribution in [3.8, 4) is 33.7 Å². The van der Waals surface area contributed by atoms with Crippen LogP contribution in [0.2, 0.25) is 0 Å². The first-order valence-corrected chi connectivity index (χ1v) is 19.4. The van der Waals surface area contributed by atoms with Crippen LogP contribution < -0.4 is 5.32 Å². The summed E-state index contributed by atoms with van der Waals surface area (Å²) in [5.41, 5.74) is 9.32. The van der Waals surface area contributed by atoms with Gasteiger partial charge in [0, 0.05) is 41.0 Å². The lowest BCUT2D eigenvalue weighted by atomic mass is 9.99. The average molecular weight is 745 g/mol. The Labute approximate surface area is 325 Å². The molecule has 2 heterocycles. The molecule has 8 rings (SSSR count). The second-order valence-corrected chi connectivity index (χ2v) is 14.4. The van der Waals surface area contributed by atoms with Crippen LogP contribution in [0.1, 0.15) is 51.4 Å². The molecule has 1 fully saturated rings. The number of carbonyl (C=O) groups excluding carboxylic acids is 1. The zero-order valence-electron chi connectivity index (χ0n) is 30.1. The highest BCUT2D eigenvalue weighted by molar-refractivity contribution is 7.99. The van der Waals surface area contributed by atoms with Crippen LogP contribution in [0.15, 0.2) is 173 Å². The second kappa shape index (κ2) is 17.1. The molecule has 274 valence electrons. The van der Waals surface area contributed by atoms with E-state index in [1.54, 1.807) is 0 Å². The summed E-state index contributed by atoms with van der Waals surface area (Å²) in [6, 6.07) is 53.8. The fourth-order valence-electron chi connectivity index (χ4n) is 6.69.